The molecule has 2 aliphatic rings. The molecule has 4 rings (SSSR count). The summed E-state index contributed by atoms with van der Waals surface area (Å²) in [6.07, 6.45) is 5.30. The van der Waals surface area contributed by atoms with E-state index in [4.69, 9.17) is 4.74 Å². The second-order valence-corrected chi connectivity index (χ2v) is 10.4. The molecule has 0 radical (unpaired) electrons. The third-order valence-corrected chi connectivity index (χ3v) is 7.66. The highest BCUT2D eigenvalue weighted by molar-refractivity contribution is 14.1. The summed E-state index contributed by atoms with van der Waals surface area (Å²) >= 11 is 2.24. The molecule has 35 heavy (non-hydrogen) atoms. The van der Waals surface area contributed by atoms with E-state index in [0.717, 1.165) is 22.0 Å². The van der Waals surface area contributed by atoms with Gasteiger partial charge in [-0.1, -0.05) is 31.2 Å². The number of carbonyl (C=O) groups excluding carboxylic acids is 2. The third kappa shape index (κ3) is 4.96. The Kier molecular flexibility index (Phi) is 7.83. The highest BCUT2D eigenvalue weighted by Crippen LogP contribution is 2.47. The fourth-order valence-corrected chi connectivity index (χ4v) is 5.62. The first-order valence-electron chi connectivity index (χ1n) is 11.8. The molecule has 1 fully saturated rings. The predicted molar refractivity (Wildman–Crippen MR) is 142 cm³/mol. The van der Waals surface area contributed by atoms with Crippen molar-refractivity contribution in [2.24, 2.45) is 5.92 Å². The van der Waals surface area contributed by atoms with E-state index in [2.05, 4.69) is 22.6 Å². The second kappa shape index (κ2) is 10.7. The number of methoxy groups -OCH3 is 1. The van der Waals surface area contributed by atoms with Gasteiger partial charge in [0.05, 0.1) is 32.0 Å². The SMILES string of the molecule is COc1ccc2c(c1)[C@@](O)([C@H](C)/C=C/CC(=O)N1CCC[C@H]1CO)C(=O)N2Cc1cccc(I)c1. The largest absolute Gasteiger partial charge is 0.497 e. The number of fused-ring (bicyclic) bond motifs is 1. The first-order valence-corrected chi connectivity index (χ1v) is 12.9. The molecule has 2 aliphatic heterocycles. The summed E-state index contributed by atoms with van der Waals surface area (Å²) in [6.45, 7) is 2.73. The lowest BCUT2D eigenvalue weighted by Gasteiger charge is -2.28. The number of hydrogen-bond donors (Lipinski definition) is 2. The van der Waals surface area contributed by atoms with Crippen LogP contribution in [-0.4, -0.2) is 53.2 Å². The average molecular weight is 590 g/mol. The molecule has 1 saturated heterocycles. The Balaban J connectivity index is 1.58. The molecule has 2 aromatic rings. The zero-order chi connectivity index (χ0) is 25.2. The first-order chi connectivity index (χ1) is 16.8. The number of likely N-dealkylation sites (tertiary alicyclic amines) is 1. The van der Waals surface area contributed by atoms with E-state index in [0.29, 0.717) is 30.1 Å². The molecule has 0 spiro atoms. The molecular formula is C27H31IN2O5. The smallest absolute Gasteiger partial charge is 0.264 e. The van der Waals surface area contributed by atoms with Crippen molar-refractivity contribution in [3.8, 4) is 5.75 Å². The molecule has 186 valence electrons. The molecule has 3 atom stereocenters. The number of nitrogens with zero attached hydrogens (tertiary/aromatic N) is 2. The van der Waals surface area contributed by atoms with Gasteiger partial charge >= 0.3 is 0 Å². The van der Waals surface area contributed by atoms with Gasteiger partial charge in [0.2, 0.25) is 5.91 Å². The Hall–Kier alpha value is -2.43. The van der Waals surface area contributed by atoms with Crippen molar-refractivity contribution in [1.29, 1.82) is 0 Å². The van der Waals surface area contributed by atoms with Gasteiger partial charge in [0.25, 0.3) is 5.91 Å². The molecule has 0 bridgehead atoms. The van der Waals surface area contributed by atoms with Crippen molar-refractivity contribution in [1.82, 2.24) is 4.90 Å². The zero-order valence-corrected chi connectivity index (χ0v) is 22.1. The maximum absolute atomic E-state index is 13.7. The number of carbonyl (C=O) groups is 2. The van der Waals surface area contributed by atoms with Gasteiger partial charge in [0.15, 0.2) is 5.60 Å². The fourth-order valence-electron chi connectivity index (χ4n) is 5.01. The minimum Gasteiger partial charge on any atom is -0.497 e. The van der Waals surface area contributed by atoms with Crippen molar-refractivity contribution >= 4 is 40.1 Å². The van der Waals surface area contributed by atoms with Crippen LogP contribution in [0.1, 0.15) is 37.3 Å². The molecule has 2 aromatic carbocycles. The Morgan fingerprint density at radius 2 is 2.11 bits per heavy atom. The molecule has 0 aliphatic carbocycles. The normalized spacial score (nSPS) is 22.7. The van der Waals surface area contributed by atoms with Crippen molar-refractivity contribution in [2.75, 3.05) is 25.2 Å². The highest BCUT2D eigenvalue weighted by Gasteiger charge is 2.52. The van der Waals surface area contributed by atoms with Crippen LogP contribution in [0.2, 0.25) is 0 Å². The van der Waals surface area contributed by atoms with E-state index in [1.54, 1.807) is 54.2 Å². The van der Waals surface area contributed by atoms with E-state index in [1.807, 2.05) is 24.3 Å². The lowest BCUT2D eigenvalue weighted by molar-refractivity contribution is -0.139. The highest BCUT2D eigenvalue weighted by atomic mass is 127. The minimum atomic E-state index is -1.79. The molecule has 7 nitrogen and oxygen atoms in total. The second-order valence-electron chi connectivity index (χ2n) is 9.16. The Labute approximate surface area is 219 Å². The Morgan fingerprint density at radius 1 is 1.31 bits per heavy atom. The average Bonchev–Trinajstić information content (AvgIpc) is 3.42. The van der Waals surface area contributed by atoms with Gasteiger partial charge in [-0.15, -0.1) is 0 Å². The van der Waals surface area contributed by atoms with Crippen molar-refractivity contribution in [3.63, 3.8) is 0 Å². The van der Waals surface area contributed by atoms with Crippen LogP contribution in [0.4, 0.5) is 5.69 Å². The number of benzene rings is 2. The van der Waals surface area contributed by atoms with E-state index < -0.39 is 17.4 Å². The maximum atomic E-state index is 13.7. The van der Waals surface area contributed by atoms with E-state index in [-0.39, 0.29) is 25.0 Å². The molecule has 2 N–H and O–H groups in total. The number of hydrogen-bond acceptors (Lipinski definition) is 5. The van der Waals surface area contributed by atoms with Crippen LogP contribution < -0.4 is 9.64 Å². The summed E-state index contributed by atoms with van der Waals surface area (Å²) in [4.78, 5) is 29.7. The van der Waals surface area contributed by atoms with Crippen LogP contribution in [0.3, 0.4) is 0 Å². The van der Waals surface area contributed by atoms with Crippen LogP contribution >= 0.6 is 22.6 Å². The number of aliphatic hydroxyl groups excluding tert-OH is 1. The van der Waals surface area contributed by atoms with Gasteiger partial charge in [0.1, 0.15) is 5.75 Å². The lowest BCUT2D eigenvalue weighted by atomic mass is 9.83. The number of amides is 2. The predicted octanol–water partition coefficient (Wildman–Crippen LogP) is 3.60. The van der Waals surface area contributed by atoms with Gasteiger partial charge in [-0.3, -0.25) is 9.59 Å². The number of halogens is 1. The molecule has 0 unspecified atom stereocenters. The van der Waals surface area contributed by atoms with Crippen LogP contribution in [0.5, 0.6) is 5.75 Å². The molecule has 0 aromatic heterocycles. The molecular weight excluding hydrogens is 559 g/mol. The van der Waals surface area contributed by atoms with E-state index in [9.17, 15) is 19.8 Å². The van der Waals surface area contributed by atoms with Crippen LogP contribution in [-0.2, 0) is 21.7 Å². The van der Waals surface area contributed by atoms with Gasteiger partial charge in [-0.2, -0.15) is 0 Å². The van der Waals surface area contributed by atoms with Crippen molar-refractivity contribution in [3.05, 3.63) is 69.3 Å². The van der Waals surface area contributed by atoms with E-state index in [1.165, 1.54) is 0 Å². The fraction of sp³-hybridized carbons (Fsp3) is 0.407. The Bertz CT molecular complexity index is 1140. The summed E-state index contributed by atoms with van der Waals surface area (Å²) in [5, 5.41) is 21.3. The monoisotopic (exact) mass is 590 g/mol. The van der Waals surface area contributed by atoms with Gasteiger partial charge < -0.3 is 24.7 Å². The summed E-state index contributed by atoms with van der Waals surface area (Å²) in [5.41, 5.74) is 0.327. The molecule has 2 amide bonds. The number of anilines is 1. The molecule has 2 heterocycles. The molecule has 0 saturated carbocycles. The zero-order valence-electron chi connectivity index (χ0n) is 20.0. The summed E-state index contributed by atoms with van der Waals surface area (Å²) < 4.78 is 6.45. The first kappa shape index (κ1) is 25.7. The van der Waals surface area contributed by atoms with E-state index >= 15 is 0 Å². The quantitative estimate of drug-likeness (QED) is 0.363. The lowest BCUT2D eigenvalue weighted by Crippen LogP contribution is -2.44. The summed E-state index contributed by atoms with van der Waals surface area (Å²) in [5.74, 6) is -0.483. The number of aliphatic hydroxyl groups is 2. The number of rotatable bonds is 8. The molecule has 8 heteroatoms. The third-order valence-electron chi connectivity index (χ3n) is 6.99. The van der Waals surface area contributed by atoms with Crippen LogP contribution in [0, 0.1) is 9.49 Å². The van der Waals surface area contributed by atoms with Crippen LogP contribution in [0.15, 0.2) is 54.6 Å². The van der Waals surface area contributed by atoms with Crippen molar-refractivity contribution < 1.29 is 24.5 Å². The topological polar surface area (TPSA) is 90.3 Å². The standard InChI is InChI=1S/C27H31IN2O5/c1-18(6-3-10-25(32)29-13-5-9-21(29)17-31)27(34)23-15-22(35-2)11-12-24(23)30(26(27)33)16-19-7-4-8-20(28)14-19/h3-4,6-8,11-12,14-15,18,21,31,34H,5,9-10,13,16-17H2,1-2H3/b6-3+/t18-,21+,27+/m1/s1. The van der Waals surface area contributed by atoms with Crippen LogP contribution in [0.25, 0.3) is 0 Å². The van der Waals surface area contributed by atoms with Gasteiger partial charge in [-0.05, 0) is 71.3 Å². The minimum absolute atomic E-state index is 0.0327. The van der Waals surface area contributed by atoms with Gasteiger partial charge in [0, 0.05) is 28.0 Å². The summed E-state index contributed by atoms with van der Waals surface area (Å²) in [6, 6.07) is 13.1. The summed E-state index contributed by atoms with van der Waals surface area (Å²) in [7, 11) is 1.55. The number of ether oxygens (including phenoxy) is 1. The van der Waals surface area contributed by atoms with Crippen molar-refractivity contribution in [2.45, 2.75) is 44.4 Å². The maximum Gasteiger partial charge on any atom is 0.264 e. The van der Waals surface area contributed by atoms with Gasteiger partial charge in [-0.25, -0.2) is 0 Å². The Morgan fingerprint density at radius 3 is 2.83 bits per heavy atom.